The summed E-state index contributed by atoms with van der Waals surface area (Å²) >= 11 is 0. The number of rotatable bonds is 6. The van der Waals surface area contributed by atoms with Gasteiger partial charge in [0.25, 0.3) is 0 Å². The SMILES string of the molecule is CCNC(c1ccc(C(C)C)cc1)C1CCCCC1CC. The van der Waals surface area contributed by atoms with Crippen molar-refractivity contribution in [3.05, 3.63) is 35.4 Å². The van der Waals surface area contributed by atoms with Gasteiger partial charge in [-0.3, -0.25) is 0 Å². The summed E-state index contributed by atoms with van der Waals surface area (Å²) in [5, 5.41) is 3.78. The monoisotopic (exact) mass is 287 g/mol. The Balaban J connectivity index is 2.20. The van der Waals surface area contributed by atoms with Gasteiger partial charge in [0.1, 0.15) is 0 Å². The van der Waals surface area contributed by atoms with Gasteiger partial charge >= 0.3 is 0 Å². The molecule has 0 amide bonds. The second-order valence-corrected chi connectivity index (χ2v) is 6.97. The Morgan fingerprint density at radius 1 is 1.00 bits per heavy atom. The van der Waals surface area contributed by atoms with Crippen LogP contribution in [-0.4, -0.2) is 6.54 Å². The topological polar surface area (TPSA) is 12.0 Å². The maximum Gasteiger partial charge on any atom is 0.0351 e. The standard InChI is InChI=1S/C20H33N/c1-5-16-9-7-8-10-19(16)20(21-6-2)18-13-11-17(12-14-18)15(3)4/h11-16,19-21H,5-10H2,1-4H3. The molecule has 1 aromatic rings. The van der Waals surface area contributed by atoms with E-state index in [9.17, 15) is 0 Å². The zero-order valence-electron chi connectivity index (χ0n) is 14.4. The van der Waals surface area contributed by atoms with E-state index in [0.717, 1.165) is 18.4 Å². The lowest BCUT2D eigenvalue weighted by Crippen LogP contribution is -2.34. The van der Waals surface area contributed by atoms with E-state index in [1.807, 2.05) is 0 Å². The van der Waals surface area contributed by atoms with Gasteiger partial charge in [0.05, 0.1) is 0 Å². The zero-order chi connectivity index (χ0) is 15.2. The highest BCUT2D eigenvalue weighted by Crippen LogP contribution is 2.40. The summed E-state index contributed by atoms with van der Waals surface area (Å²) in [6.07, 6.45) is 6.99. The van der Waals surface area contributed by atoms with Crippen LogP contribution in [0.4, 0.5) is 0 Å². The van der Waals surface area contributed by atoms with Gasteiger partial charge in [-0.25, -0.2) is 0 Å². The molecule has 21 heavy (non-hydrogen) atoms. The first-order valence-electron chi connectivity index (χ1n) is 9.00. The molecule has 1 aromatic carbocycles. The van der Waals surface area contributed by atoms with E-state index in [4.69, 9.17) is 0 Å². The smallest absolute Gasteiger partial charge is 0.0351 e. The van der Waals surface area contributed by atoms with Crippen LogP contribution >= 0.6 is 0 Å². The maximum absolute atomic E-state index is 3.78. The minimum atomic E-state index is 0.543. The molecule has 2 rings (SSSR count). The van der Waals surface area contributed by atoms with Crippen LogP contribution in [0.15, 0.2) is 24.3 Å². The largest absolute Gasteiger partial charge is 0.310 e. The van der Waals surface area contributed by atoms with Gasteiger partial charge < -0.3 is 5.32 Å². The molecule has 3 unspecified atom stereocenters. The Morgan fingerprint density at radius 2 is 1.62 bits per heavy atom. The molecule has 0 saturated heterocycles. The van der Waals surface area contributed by atoms with Gasteiger partial charge in [0.15, 0.2) is 0 Å². The maximum atomic E-state index is 3.78. The average Bonchev–Trinajstić information content (AvgIpc) is 2.52. The third kappa shape index (κ3) is 4.10. The Hall–Kier alpha value is -0.820. The summed E-state index contributed by atoms with van der Waals surface area (Å²) in [5.74, 6) is 2.33. The van der Waals surface area contributed by atoms with E-state index in [-0.39, 0.29) is 0 Å². The molecule has 0 spiro atoms. The minimum Gasteiger partial charge on any atom is -0.310 e. The van der Waals surface area contributed by atoms with Crippen LogP contribution in [0.3, 0.4) is 0 Å². The second kappa shape index (κ2) is 7.98. The molecular weight excluding hydrogens is 254 g/mol. The molecule has 1 aliphatic carbocycles. The van der Waals surface area contributed by atoms with Gasteiger partial charge in [-0.2, -0.15) is 0 Å². The van der Waals surface area contributed by atoms with Crippen LogP contribution in [0.5, 0.6) is 0 Å². The average molecular weight is 287 g/mol. The molecule has 1 heteroatoms. The highest BCUT2D eigenvalue weighted by molar-refractivity contribution is 5.27. The van der Waals surface area contributed by atoms with Crippen molar-refractivity contribution in [1.82, 2.24) is 5.32 Å². The summed E-state index contributed by atoms with van der Waals surface area (Å²) in [4.78, 5) is 0. The molecule has 3 atom stereocenters. The van der Waals surface area contributed by atoms with E-state index in [0.29, 0.717) is 12.0 Å². The molecule has 1 fully saturated rings. The summed E-state index contributed by atoms with van der Waals surface area (Å²) in [6, 6.07) is 9.93. The van der Waals surface area contributed by atoms with Crippen LogP contribution < -0.4 is 5.32 Å². The Morgan fingerprint density at radius 3 is 2.19 bits per heavy atom. The van der Waals surface area contributed by atoms with E-state index in [1.165, 1.54) is 43.2 Å². The van der Waals surface area contributed by atoms with E-state index in [2.05, 4.69) is 57.3 Å². The first-order chi connectivity index (χ1) is 10.2. The molecule has 118 valence electrons. The predicted molar refractivity (Wildman–Crippen MR) is 92.7 cm³/mol. The molecule has 1 N–H and O–H groups in total. The van der Waals surface area contributed by atoms with E-state index >= 15 is 0 Å². The molecule has 0 bridgehead atoms. The fourth-order valence-corrected chi connectivity index (χ4v) is 4.01. The normalized spacial score (nSPS) is 24.2. The van der Waals surface area contributed by atoms with Crippen molar-refractivity contribution in [1.29, 1.82) is 0 Å². The van der Waals surface area contributed by atoms with Crippen LogP contribution in [0.1, 0.15) is 82.9 Å². The highest BCUT2D eigenvalue weighted by atomic mass is 14.9. The van der Waals surface area contributed by atoms with Gasteiger partial charge in [0, 0.05) is 6.04 Å². The number of benzene rings is 1. The van der Waals surface area contributed by atoms with Gasteiger partial charge in [-0.1, -0.05) is 77.6 Å². The van der Waals surface area contributed by atoms with Crippen molar-refractivity contribution < 1.29 is 0 Å². The minimum absolute atomic E-state index is 0.543. The summed E-state index contributed by atoms with van der Waals surface area (Å²) in [6.45, 7) is 10.2. The molecular formula is C20H33N. The van der Waals surface area contributed by atoms with E-state index in [1.54, 1.807) is 0 Å². The lowest BCUT2D eigenvalue weighted by atomic mass is 9.72. The summed E-state index contributed by atoms with van der Waals surface area (Å²) in [7, 11) is 0. The third-order valence-corrected chi connectivity index (χ3v) is 5.31. The molecule has 0 radical (unpaired) electrons. The van der Waals surface area contributed by atoms with Crippen molar-refractivity contribution in [2.45, 2.75) is 71.8 Å². The Labute approximate surface area is 131 Å². The summed E-state index contributed by atoms with van der Waals surface area (Å²) < 4.78 is 0. The molecule has 1 nitrogen and oxygen atoms in total. The van der Waals surface area contributed by atoms with Crippen molar-refractivity contribution in [3.63, 3.8) is 0 Å². The lowest BCUT2D eigenvalue weighted by Gasteiger charge is -2.37. The molecule has 0 aliphatic heterocycles. The molecule has 0 aromatic heterocycles. The van der Waals surface area contributed by atoms with Crippen LogP contribution in [0, 0.1) is 11.8 Å². The van der Waals surface area contributed by atoms with Gasteiger partial charge in [-0.15, -0.1) is 0 Å². The fourth-order valence-electron chi connectivity index (χ4n) is 4.01. The number of hydrogen-bond donors (Lipinski definition) is 1. The van der Waals surface area contributed by atoms with Crippen molar-refractivity contribution in [2.75, 3.05) is 6.54 Å². The summed E-state index contributed by atoms with van der Waals surface area (Å²) in [5.41, 5.74) is 2.94. The first kappa shape index (κ1) is 16.5. The highest BCUT2D eigenvalue weighted by Gasteiger charge is 2.31. The second-order valence-electron chi connectivity index (χ2n) is 6.97. The fraction of sp³-hybridized carbons (Fsp3) is 0.700. The predicted octanol–water partition coefficient (Wildman–Crippen LogP) is 5.68. The first-order valence-corrected chi connectivity index (χ1v) is 9.00. The van der Waals surface area contributed by atoms with Crippen molar-refractivity contribution in [3.8, 4) is 0 Å². The quantitative estimate of drug-likeness (QED) is 0.710. The van der Waals surface area contributed by atoms with Gasteiger partial charge in [-0.05, 0) is 41.8 Å². The van der Waals surface area contributed by atoms with Crippen LogP contribution in [0.2, 0.25) is 0 Å². The Kier molecular flexibility index (Phi) is 6.29. The third-order valence-electron chi connectivity index (χ3n) is 5.31. The lowest BCUT2D eigenvalue weighted by molar-refractivity contribution is 0.176. The molecule has 0 heterocycles. The van der Waals surface area contributed by atoms with Crippen LogP contribution in [0.25, 0.3) is 0 Å². The number of hydrogen-bond acceptors (Lipinski definition) is 1. The number of nitrogens with one attached hydrogen (secondary N) is 1. The van der Waals surface area contributed by atoms with Crippen molar-refractivity contribution >= 4 is 0 Å². The van der Waals surface area contributed by atoms with Crippen molar-refractivity contribution in [2.24, 2.45) is 11.8 Å². The molecule has 1 aliphatic rings. The van der Waals surface area contributed by atoms with Gasteiger partial charge in [0.2, 0.25) is 0 Å². The molecule has 1 saturated carbocycles. The van der Waals surface area contributed by atoms with Crippen LogP contribution in [-0.2, 0) is 0 Å². The zero-order valence-corrected chi connectivity index (χ0v) is 14.4. The van der Waals surface area contributed by atoms with E-state index < -0.39 is 0 Å². The Bertz CT molecular complexity index is 406.